The molecule has 2 nitrogen and oxygen atoms in total. The number of hydrogen-bond donors (Lipinski definition) is 0. The van der Waals surface area contributed by atoms with Gasteiger partial charge in [-0.1, -0.05) is 54.1 Å². The summed E-state index contributed by atoms with van der Waals surface area (Å²) in [5.74, 6) is 0.991. The Balaban J connectivity index is 2.01. The molecule has 0 aliphatic carbocycles. The summed E-state index contributed by atoms with van der Waals surface area (Å²) < 4.78 is 3.20. The minimum atomic E-state index is 0.816. The maximum absolute atomic E-state index is 4.56. The average molecular weight is 341 g/mol. The molecule has 0 bridgehead atoms. The number of halogens is 1. The first-order valence-corrected chi connectivity index (χ1v) is 7.77. The first kappa shape index (κ1) is 14.1. The Morgan fingerprint density at radius 3 is 2.43 bits per heavy atom. The second kappa shape index (κ2) is 5.86. The molecule has 0 aliphatic rings. The van der Waals surface area contributed by atoms with Crippen LogP contribution in [0.5, 0.6) is 0 Å². The first-order chi connectivity index (χ1) is 10.1. The monoisotopic (exact) mass is 340 g/mol. The highest BCUT2D eigenvalue weighted by Gasteiger charge is 2.11. The molecule has 3 heteroatoms. The largest absolute Gasteiger partial charge is 0.314 e. The molecule has 0 N–H and O–H groups in total. The highest BCUT2D eigenvalue weighted by atomic mass is 79.9. The van der Waals surface area contributed by atoms with Crippen LogP contribution in [0.3, 0.4) is 0 Å². The summed E-state index contributed by atoms with van der Waals surface area (Å²) in [6.45, 7) is 5.06. The van der Waals surface area contributed by atoms with Crippen molar-refractivity contribution in [1.82, 2.24) is 9.55 Å². The highest BCUT2D eigenvalue weighted by Crippen LogP contribution is 2.25. The lowest BCUT2D eigenvalue weighted by Crippen LogP contribution is -2.04. The number of nitrogens with zero attached hydrogens (tertiary/aromatic N) is 2. The molecule has 3 rings (SSSR count). The Hall–Kier alpha value is -1.87. The molecule has 0 spiro atoms. The van der Waals surface area contributed by atoms with Crippen molar-refractivity contribution in [3.05, 3.63) is 76.0 Å². The predicted molar refractivity (Wildman–Crippen MR) is 90.4 cm³/mol. The lowest BCUT2D eigenvalue weighted by molar-refractivity contribution is 0.785. The summed E-state index contributed by atoms with van der Waals surface area (Å²) in [6, 6.07) is 17.0. The zero-order valence-corrected chi connectivity index (χ0v) is 13.8. The maximum atomic E-state index is 4.56. The third-order valence-corrected chi connectivity index (χ3v) is 4.34. The molecule has 1 aromatic heterocycles. The van der Waals surface area contributed by atoms with E-state index in [9.17, 15) is 0 Å². The predicted octanol–water partition coefficient (Wildman–Crippen LogP) is 4.98. The van der Waals surface area contributed by atoms with E-state index in [0.29, 0.717) is 0 Å². The zero-order valence-electron chi connectivity index (χ0n) is 12.2. The molecule has 0 saturated heterocycles. The van der Waals surface area contributed by atoms with E-state index < -0.39 is 0 Å². The molecule has 21 heavy (non-hydrogen) atoms. The SMILES string of the molecule is Cc1ccc(-c2ncc(Br)n2Cc2ccccc2C)cc1. The molecule has 0 aliphatic heterocycles. The summed E-state index contributed by atoms with van der Waals surface area (Å²) in [5, 5.41) is 0. The van der Waals surface area contributed by atoms with Gasteiger partial charge in [0.25, 0.3) is 0 Å². The standard InChI is InChI=1S/C18H17BrN2/c1-13-7-9-15(10-8-13)18-20-11-17(19)21(18)12-16-6-4-3-5-14(16)2/h3-11H,12H2,1-2H3. The van der Waals surface area contributed by atoms with E-state index in [0.717, 1.165) is 22.5 Å². The van der Waals surface area contributed by atoms with Crippen LogP contribution in [-0.4, -0.2) is 9.55 Å². The van der Waals surface area contributed by atoms with Crippen LogP contribution in [-0.2, 0) is 6.54 Å². The lowest BCUT2D eigenvalue weighted by atomic mass is 10.1. The summed E-state index contributed by atoms with van der Waals surface area (Å²) in [4.78, 5) is 4.56. The minimum Gasteiger partial charge on any atom is -0.314 e. The molecule has 0 unspecified atom stereocenters. The van der Waals surface area contributed by atoms with Gasteiger partial charge in [-0.2, -0.15) is 0 Å². The van der Waals surface area contributed by atoms with E-state index in [2.05, 4.69) is 87.9 Å². The third kappa shape index (κ3) is 2.93. The van der Waals surface area contributed by atoms with Gasteiger partial charge in [-0.25, -0.2) is 4.98 Å². The van der Waals surface area contributed by atoms with Gasteiger partial charge in [0.15, 0.2) is 0 Å². The van der Waals surface area contributed by atoms with Gasteiger partial charge in [0.05, 0.1) is 12.7 Å². The van der Waals surface area contributed by atoms with Crippen LogP contribution in [0.25, 0.3) is 11.4 Å². The molecule has 0 amide bonds. The Bertz CT molecular complexity index is 757. The van der Waals surface area contributed by atoms with Crippen molar-refractivity contribution in [2.45, 2.75) is 20.4 Å². The van der Waals surface area contributed by atoms with Crippen molar-refractivity contribution in [1.29, 1.82) is 0 Å². The van der Waals surface area contributed by atoms with Gasteiger partial charge in [-0.15, -0.1) is 0 Å². The summed E-state index contributed by atoms with van der Waals surface area (Å²) in [7, 11) is 0. The van der Waals surface area contributed by atoms with Crippen LogP contribution < -0.4 is 0 Å². The van der Waals surface area contributed by atoms with Crippen LogP contribution >= 0.6 is 15.9 Å². The van der Waals surface area contributed by atoms with Crippen molar-refractivity contribution in [2.75, 3.05) is 0 Å². The van der Waals surface area contributed by atoms with Crippen LogP contribution in [0.2, 0.25) is 0 Å². The van der Waals surface area contributed by atoms with Crippen LogP contribution in [0.4, 0.5) is 0 Å². The van der Waals surface area contributed by atoms with E-state index in [-0.39, 0.29) is 0 Å². The quantitative estimate of drug-likeness (QED) is 0.657. The third-order valence-electron chi connectivity index (χ3n) is 3.71. The Morgan fingerprint density at radius 1 is 1.00 bits per heavy atom. The molecule has 106 valence electrons. The van der Waals surface area contributed by atoms with E-state index in [1.54, 1.807) is 0 Å². The van der Waals surface area contributed by atoms with Crippen LogP contribution in [0.1, 0.15) is 16.7 Å². The summed E-state index contributed by atoms with van der Waals surface area (Å²) >= 11 is 3.61. The number of aromatic nitrogens is 2. The average Bonchev–Trinajstić information content (AvgIpc) is 2.84. The number of benzene rings is 2. The van der Waals surface area contributed by atoms with Crippen LogP contribution in [0.15, 0.2) is 59.3 Å². The van der Waals surface area contributed by atoms with Crippen molar-refractivity contribution in [3.8, 4) is 11.4 Å². The van der Waals surface area contributed by atoms with Gasteiger partial charge in [-0.05, 0) is 40.9 Å². The fourth-order valence-corrected chi connectivity index (χ4v) is 2.79. The minimum absolute atomic E-state index is 0.816. The summed E-state index contributed by atoms with van der Waals surface area (Å²) in [6.07, 6.45) is 1.87. The Labute approximate surface area is 133 Å². The number of hydrogen-bond acceptors (Lipinski definition) is 1. The van der Waals surface area contributed by atoms with Crippen molar-refractivity contribution >= 4 is 15.9 Å². The molecule has 0 fully saturated rings. The molecule has 0 atom stereocenters. The fraction of sp³-hybridized carbons (Fsp3) is 0.167. The molecule has 2 aromatic carbocycles. The first-order valence-electron chi connectivity index (χ1n) is 6.98. The second-order valence-corrected chi connectivity index (χ2v) is 6.10. The Morgan fingerprint density at radius 2 is 1.71 bits per heavy atom. The molecule has 0 saturated carbocycles. The maximum Gasteiger partial charge on any atom is 0.141 e. The van der Waals surface area contributed by atoms with Gasteiger partial charge in [0.2, 0.25) is 0 Å². The van der Waals surface area contributed by atoms with E-state index in [1.165, 1.54) is 16.7 Å². The van der Waals surface area contributed by atoms with E-state index >= 15 is 0 Å². The topological polar surface area (TPSA) is 17.8 Å². The van der Waals surface area contributed by atoms with Gasteiger partial charge in [-0.3, -0.25) is 0 Å². The van der Waals surface area contributed by atoms with Crippen LogP contribution in [0, 0.1) is 13.8 Å². The Kier molecular flexibility index (Phi) is 3.93. The molecular weight excluding hydrogens is 324 g/mol. The smallest absolute Gasteiger partial charge is 0.141 e. The van der Waals surface area contributed by atoms with Gasteiger partial charge in [0.1, 0.15) is 10.4 Å². The molecule has 3 aromatic rings. The zero-order chi connectivity index (χ0) is 14.8. The van der Waals surface area contributed by atoms with E-state index in [4.69, 9.17) is 0 Å². The molecular formula is C18H17BrN2. The van der Waals surface area contributed by atoms with Crippen molar-refractivity contribution in [2.24, 2.45) is 0 Å². The number of aryl methyl sites for hydroxylation is 2. The second-order valence-electron chi connectivity index (χ2n) is 5.28. The molecule has 0 radical (unpaired) electrons. The normalized spacial score (nSPS) is 10.8. The van der Waals surface area contributed by atoms with Gasteiger partial charge < -0.3 is 4.57 Å². The lowest BCUT2D eigenvalue weighted by Gasteiger charge is -2.12. The van der Waals surface area contributed by atoms with Gasteiger partial charge in [0, 0.05) is 5.56 Å². The number of imidazole rings is 1. The molecule has 1 heterocycles. The highest BCUT2D eigenvalue weighted by molar-refractivity contribution is 9.10. The number of rotatable bonds is 3. The van der Waals surface area contributed by atoms with Gasteiger partial charge >= 0.3 is 0 Å². The fourth-order valence-electron chi connectivity index (χ4n) is 2.40. The van der Waals surface area contributed by atoms with Crippen molar-refractivity contribution in [3.63, 3.8) is 0 Å². The van der Waals surface area contributed by atoms with Crippen molar-refractivity contribution < 1.29 is 0 Å². The summed E-state index contributed by atoms with van der Waals surface area (Å²) in [5.41, 5.74) is 5.01. The van der Waals surface area contributed by atoms with E-state index in [1.807, 2.05) is 6.20 Å².